The van der Waals surface area contributed by atoms with Crippen molar-refractivity contribution in [2.75, 3.05) is 0 Å². The molecule has 0 fully saturated rings. The molecular formula is C17H16O2. The van der Waals surface area contributed by atoms with Crippen LogP contribution in [0.2, 0.25) is 0 Å². The molecule has 0 N–H and O–H groups in total. The molecule has 96 valence electrons. The Hall–Kier alpha value is -2.22. The second-order valence-corrected chi connectivity index (χ2v) is 4.65. The van der Waals surface area contributed by atoms with Crippen LogP contribution in [0.4, 0.5) is 0 Å². The van der Waals surface area contributed by atoms with E-state index in [0.717, 1.165) is 11.1 Å². The number of hydrogen-bond donors (Lipinski definition) is 0. The van der Waals surface area contributed by atoms with Crippen molar-refractivity contribution in [3.8, 4) is 0 Å². The van der Waals surface area contributed by atoms with E-state index >= 15 is 0 Å². The molecule has 0 spiro atoms. The van der Waals surface area contributed by atoms with Crippen LogP contribution in [0.5, 0.6) is 0 Å². The molecule has 0 saturated heterocycles. The molecule has 0 aliphatic heterocycles. The standard InChI is InChI=1S/C17H16O2/c1-12(18)15-8-9-16(17(11-15)13(2)19)10-14-6-4-3-5-7-14/h3-9,11H,10H2,1-2H3. The van der Waals surface area contributed by atoms with Gasteiger partial charge in [0.1, 0.15) is 0 Å². The van der Waals surface area contributed by atoms with Crippen molar-refractivity contribution in [1.82, 2.24) is 0 Å². The number of Topliss-reactive ketones (excluding diaryl/α,β-unsaturated/α-hetero) is 2. The maximum absolute atomic E-state index is 11.7. The largest absolute Gasteiger partial charge is 0.295 e. The van der Waals surface area contributed by atoms with Crippen LogP contribution in [-0.4, -0.2) is 11.6 Å². The Morgan fingerprint density at radius 3 is 2.16 bits per heavy atom. The summed E-state index contributed by atoms with van der Waals surface area (Å²) in [5, 5.41) is 0. The highest BCUT2D eigenvalue weighted by Crippen LogP contribution is 2.17. The Morgan fingerprint density at radius 1 is 0.895 bits per heavy atom. The summed E-state index contributed by atoms with van der Waals surface area (Å²) >= 11 is 0. The van der Waals surface area contributed by atoms with E-state index in [1.54, 1.807) is 12.1 Å². The van der Waals surface area contributed by atoms with Gasteiger partial charge in [0.15, 0.2) is 11.6 Å². The van der Waals surface area contributed by atoms with E-state index in [2.05, 4.69) is 0 Å². The van der Waals surface area contributed by atoms with Gasteiger partial charge in [0.25, 0.3) is 0 Å². The third kappa shape index (κ3) is 3.16. The maximum atomic E-state index is 11.7. The lowest BCUT2D eigenvalue weighted by molar-refractivity contribution is 0.101. The van der Waals surface area contributed by atoms with E-state index in [4.69, 9.17) is 0 Å². The number of carbonyl (C=O) groups is 2. The predicted octanol–water partition coefficient (Wildman–Crippen LogP) is 3.68. The highest BCUT2D eigenvalue weighted by molar-refractivity contribution is 6.00. The van der Waals surface area contributed by atoms with Gasteiger partial charge in [-0.1, -0.05) is 42.5 Å². The van der Waals surface area contributed by atoms with Gasteiger partial charge >= 0.3 is 0 Å². The fourth-order valence-electron chi connectivity index (χ4n) is 2.09. The fraction of sp³-hybridized carbons (Fsp3) is 0.176. The SMILES string of the molecule is CC(=O)c1ccc(Cc2ccccc2)c(C(C)=O)c1. The monoisotopic (exact) mass is 252 g/mol. The van der Waals surface area contributed by atoms with Crippen LogP contribution in [-0.2, 0) is 6.42 Å². The van der Waals surface area contributed by atoms with Gasteiger partial charge in [-0.15, -0.1) is 0 Å². The number of carbonyl (C=O) groups excluding carboxylic acids is 2. The molecular weight excluding hydrogens is 236 g/mol. The lowest BCUT2D eigenvalue weighted by Gasteiger charge is -2.09. The lowest BCUT2D eigenvalue weighted by Crippen LogP contribution is -2.04. The second-order valence-electron chi connectivity index (χ2n) is 4.65. The molecule has 0 unspecified atom stereocenters. The van der Waals surface area contributed by atoms with Gasteiger partial charge in [-0.2, -0.15) is 0 Å². The zero-order valence-electron chi connectivity index (χ0n) is 11.1. The minimum absolute atomic E-state index is 0.00553. The van der Waals surface area contributed by atoms with Crippen LogP contribution in [0, 0.1) is 0 Å². The van der Waals surface area contributed by atoms with Gasteiger partial charge in [-0.3, -0.25) is 9.59 Å². The van der Waals surface area contributed by atoms with Gasteiger partial charge in [0.2, 0.25) is 0 Å². The van der Waals surface area contributed by atoms with Gasteiger partial charge in [-0.05, 0) is 37.5 Å². The molecule has 0 atom stereocenters. The molecule has 2 aromatic carbocycles. The van der Waals surface area contributed by atoms with E-state index in [-0.39, 0.29) is 11.6 Å². The number of ketones is 2. The Balaban J connectivity index is 2.40. The Morgan fingerprint density at radius 2 is 1.58 bits per heavy atom. The summed E-state index contributed by atoms with van der Waals surface area (Å²) in [7, 11) is 0. The van der Waals surface area contributed by atoms with Gasteiger partial charge in [0, 0.05) is 11.1 Å². The zero-order chi connectivity index (χ0) is 13.8. The minimum atomic E-state index is -0.0197. The molecule has 2 aromatic rings. The summed E-state index contributed by atoms with van der Waals surface area (Å²) in [6, 6.07) is 15.3. The van der Waals surface area contributed by atoms with E-state index < -0.39 is 0 Å². The summed E-state index contributed by atoms with van der Waals surface area (Å²) in [5.41, 5.74) is 3.34. The van der Waals surface area contributed by atoms with Crippen LogP contribution in [0.1, 0.15) is 45.7 Å². The van der Waals surface area contributed by atoms with Gasteiger partial charge in [-0.25, -0.2) is 0 Å². The lowest BCUT2D eigenvalue weighted by atomic mass is 9.95. The molecule has 0 aromatic heterocycles. The number of hydrogen-bond acceptors (Lipinski definition) is 2. The van der Waals surface area contributed by atoms with E-state index in [1.165, 1.54) is 13.8 Å². The summed E-state index contributed by atoms with van der Waals surface area (Å²) in [5.74, 6) is -0.0252. The first kappa shape index (κ1) is 13.2. The molecule has 2 nitrogen and oxygen atoms in total. The zero-order valence-corrected chi connectivity index (χ0v) is 11.1. The molecule has 0 bridgehead atoms. The van der Waals surface area contributed by atoms with E-state index in [0.29, 0.717) is 17.5 Å². The van der Waals surface area contributed by atoms with Crippen molar-refractivity contribution in [1.29, 1.82) is 0 Å². The Bertz CT molecular complexity index is 612. The quantitative estimate of drug-likeness (QED) is 0.778. The summed E-state index contributed by atoms with van der Waals surface area (Å²) in [6.45, 7) is 3.05. The average molecular weight is 252 g/mol. The highest BCUT2D eigenvalue weighted by Gasteiger charge is 2.10. The smallest absolute Gasteiger partial charge is 0.160 e. The normalized spacial score (nSPS) is 10.2. The fourth-order valence-corrected chi connectivity index (χ4v) is 2.09. The average Bonchev–Trinajstić information content (AvgIpc) is 2.39. The van der Waals surface area contributed by atoms with Crippen molar-refractivity contribution in [3.63, 3.8) is 0 Å². The van der Waals surface area contributed by atoms with E-state index in [9.17, 15) is 9.59 Å². The summed E-state index contributed by atoms with van der Waals surface area (Å²) < 4.78 is 0. The van der Waals surface area contributed by atoms with Crippen LogP contribution in [0.3, 0.4) is 0 Å². The maximum Gasteiger partial charge on any atom is 0.160 e. The highest BCUT2D eigenvalue weighted by atomic mass is 16.1. The first-order valence-corrected chi connectivity index (χ1v) is 6.26. The molecule has 0 heterocycles. The van der Waals surface area contributed by atoms with Crippen molar-refractivity contribution >= 4 is 11.6 Å². The summed E-state index contributed by atoms with van der Waals surface area (Å²) in [4.78, 5) is 23.1. The second kappa shape index (κ2) is 5.61. The molecule has 2 heteroatoms. The van der Waals surface area contributed by atoms with Crippen molar-refractivity contribution < 1.29 is 9.59 Å². The molecule has 0 aliphatic carbocycles. The first-order valence-electron chi connectivity index (χ1n) is 6.26. The van der Waals surface area contributed by atoms with Crippen molar-refractivity contribution in [3.05, 3.63) is 70.8 Å². The van der Waals surface area contributed by atoms with Gasteiger partial charge < -0.3 is 0 Å². The third-order valence-corrected chi connectivity index (χ3v) is 3.13. The van der Waals surface area contributed by atoms with E-state index in [1.807, 2.05) is 36.4 Å². The minimum Gasteiger partial charge on any atom is -0.295 e. The van der Waals surface area contributed by atoms with Crippen LogP contribution >= 0.6 is 0 Å². The predicted molar refractivity (Wildman–Crippen MR) is 75.7 cm³/mol. The third-order valence-electron chi connectivity index (χ3n) is 3.13. The van der Waals surface area contributed by atoms with Gasteiger partial charge in [0.05, 0.1) is 0 Å². The summed E-state index contributed by atoms with van der Waals surface area (Å²) in [6.07, 6.45) is 0.702. The molecule has 0 radical (unpaired) electrons. The number of rotatable bonds is 4. The molecule has 0 amide bonds. The number of benzene rings is 2. The molecule has 19 heavy (non-hydrogen) atoms. The Kier molecular flexibility index (Phi) is 3.91. The molecule has 0 saturated carbocycles. The van der Waals surface area contributed by atoms with Crippen molar-refractivity contribution in [2.45, 2.75) is 20.3 Å². The van der Waals surface area contributed by atoms with Crippen LogP contribution < -0.4 is 0 Å². The topological polar surface area (TPSA) is 34.1 Å². The molecule has 0 aliphatic rings. The Labute approximate surface area is 113 Å². The van der Waals surface area contributed by atoms with Crippen molar-refractivity contribution in [2.24, 2.45) is 0 Å². The van der Waals surface area contributed by atoms with Crippen LogP contribution in [0.25, 0.3) is 0 Å². The van der Waals surface area contributed by atoms with Crippen LogP contribution in [0.15, 0.2) is 48.5 Å². The molecule has 2 rings (SSSR count). The first-order chi connectivity index (χ1) is 9.08.